The van der Waals surface area contributed by atoms with Gasteiger partial charge < -0.3 is 9.88 Å². The fourth-order valence-corrected chi connectivity index (χ4v) is 2.65. The standard InChI is InChI=1S/C20H17N5O4/c1-14(26)22-16-6-2-5-15(11-16)20(27)23-21-13-19-9-4-10-24(19)17-7-3-8-18(12-17)25(28)29/h2-13H,1H3,(H,22,26)(H,23,27). The van der Waals surface area contributed by atoms with Gasteiger partial charge in [-0.1, -0.05) is 12.1 Å². The number of nitro benzene ring substituents is 1. The van der Waals surface area contributed by atoms with Crippen molar-refractivity contribution in [1.82, 2.24) is 9.99 Å². The number of non-ortho nitro benzene ring substituents is 1. The molecule has 0 aliphatic carbocycles. The molecule has 9 nitrogen and oxygen atoms in total. The number of hydrogen-bond donors (Lipinski definition) is 2. The molecule has 9 heteroatoms. The minimum atomic E-state index is -0.462. The summed E-state index contributed by atoms with van der Waals surface area (Å²) in [6.45, 7) is 1.38. The van der Waals surface area contributed by atoms with Crippen LogP contribution in [0.15, 0.2) is 72.0 Å². The van der Waals surface area contributed by atoms with Crippen LogP contribution >= 0.6 is 0 Å². The van der Waals surface area contributed by atoms with Crippen LogP contribution in [0.25, 0.3) is 5.69 Å². The predicted molar refractivity (Wildman–Crippen MR) is 108 cm³/mol. The second-order valence-electron chi connectivity index (χ2n) is 6.04. The van der Waals surface area contributed by atoms with E-state index in [1.165, 1.54) is 31.3 Å². The smallest absolute Gasteiger partial charge is 0.271 e. The summed E-state index contributed by atoms with van der Waals surface area (Å²) in [4.78, 5) is 33.9. The molecule has 0 bridgehead atoms. The maximum atomic E-state index is 12.3. The molecule has 0 saturated carbocycles. The number of carbonyl (C=O) groups is 2. The lowest BCUT2D eigenvalue weighted by atomic mass is 10.2. The van der Waals surface area contributed by atoms with Crippen LogP contribution in [-0.4, -0.2) is 27.5 Å². The third-order valence-corrected chi connectivity index (χ3v) is 3.91. The average molecular weight is 391 g/mol. The minimum absolute atomic E-state index is 0.0218. The molecule has 1 heterocycles. The third kappa shape index (κ3) is 4.92. The first-order chi connectivity index (χ1) is 13.9. The Kier molecular flexibility index (Phi) is 5.79. The van der Waals surface area contributed by atoms with Gasteiger partial charge in [0.25, 0.3) is 11.6 Å². The number of nitro groups is 1. The molecule has 29 heavy (non-hydrogen) atoms. The van der Waals surface area contributed by atoms with Crippen LogP contribution in [0.1, 0.15) is 23.0 Å². The van der Waals surface area contributed by atoms with E-state index >= 15 is 0 Å². The first kappa shape index (κ1) is 19.5. The molecular weight excluding hydrogens is 374 g/mol. The highest BCUT2D eigenvalue weighted by atomic mass is 16.6. The minimum Gasteiger partial charge on any atom is -0.326 e. The lowest BCUT2D eigenvalue weighted by Gasteiger charge is -2.06. The first-order valence-corrected chi connectivity index (χ1v) is 8.57. The van der Waals surface area contributed by atoms with E-state index < -0.39 is 10.8 Å². The second kappa shape index (κ2) is 8.61. The maximum Gasteiger partial charge on any atom is 0.271 e. The number of aromatic nitrogens is 1. The summed E-state index contributed by atoms with van der Waals surface area (Å²) in [5.74, 6) is -0.676. The van der Waals surface area contributed by atoms with Gasteiger partial charge in [-0.05, 0) is 36.4 Å². The van der Waals surface area contributed by atoms with E-state index in [0.29, 0.717) is 22.6 Å². The molecule has 2 N–H and O–H groups in total. The maximum absolute atomic E-state index is 12.3. The van der Waals surface area contributed by atoms with Crippen molar-refractivity contribution in [2.24, 2.45) is 5.10 Å². The van der Waals surface area contributed by atoms with E-state index in [2.05, 4.69) is 15.8 Å². The van der Waals surface area contributed by atoms with Gasteiger partial charge in [0.05, 0.1) is 22.5 Å². The number of rotatable bonds is 6. The molecule has 2 aromatic carbocycles. The molecule has 0 atom stereocenters. The molecule has 0 fully saturated rings. The van der Waals surface area contributed by atoms with Gasteiger partial charge in [0, 0.05) is 36.5 Å². The summed E-state index contributed by atoms with van der Waals surface area (Å²) in [7, 11) is 0. The van der Waals surface area contributed by atoms with E-state index in [4.69, 9.17) is 0 Å². The zero-order valence-electron chi connectivity index (χ0n) is 15.4. The molecule has 2 amide bonds. The van der Waals surface area contributed by atoms with Crippen LogP contribution < -0.4 is 10.7 Å². The molecule has 0 aliphatic heterocycles. The van der Waals surface area contributed by atoms with E-state index in [1.807, 2.05) is 0 Å². The van der Waals surface area contributed by atoms with Crippen LogP contribution in [0.2, 0.25) is 0 Å². The van der Waals surface area contributed by atoms with Crippen LogP contribution in [0.4, 0.5) is 11.4 Å². The van der Waals surface area contributed by atoms with Crippen molar-refractivity contribution in [3.05, 3.63) is 88.2 Å². The first-order valence-electron chi connectivity index (χ1n) is 8.57. The quantitative estimate of drug-likeness (QED) is 0.381. The number of benzene rings is 2. The van der Waals surface area contributed by atoms with Crippen molar-refractivity contribution >= 4 is 29.4 Å². The summed E-state index contributed by atoms with van der Waals surface area (Å²) >= 11 is 0. The highest BCUT2D eigenvalue weighted by Crippen LogP contribution is 2.18. The number of nitrogens with one attached hydrogen (secondary N) is 2. The Balaban J connectivity index is 1.73. The van der Waals surface area contributed by atoms with Gasteiger partial charge in [0.2, 0.25) is 5.91 Å². The lowest BCUT2D eigenvalue weighted by Crippen LogP contribution is -2.18. The number of hydrogen-bond acceptors (Lipinski definition) is 5. The van der Waals surface area contributed by atoms with E-state index in [-0.39, 0.29) is 11.6 Å². The molecule has 3 aromatic rings. The Morgan fingerprint density at radius 3 is 2.66 bits per heavy atom. The fraction of sp³-hybridized carbons (Fsp3) is 0.0500. The summed E-state index contributed by atoms with van der Waals surface area (Å²) in [5, 5.41) is 17.5. The number of amides is 2. The Hall–Kier alpha value is -4.27. The van der Waals surface area contributed by atoms with Crippen molar-refractivity contribution in [2.75, 3.05) is 5.32 Å². The molecule has 0 radical (unpaired) electrons. The zero-order valence-corrected chi connectivity index (χ0v) is 15.4. The Morgan fingerprint density at radius 2 is 1.90 bits per heavy atom. The number of anilines is 1. The second-order valence-corrected chi connectivity index (χ2v) is 6.04. The molecule has 146 valence electrons. The van der Waals surface area contributed by atoms with Gasteiger partial charge in [-0.15, -0.1) is 0 Å². The van der Waals surface area contributed by atoms with Crippen molar-refractivity contribution in [3.8, 4) is 5.69 Å². The van der Waals surface area contributed by atoms with Crippen LogP contribution in [0.5, 0.6) is 0 Å². The monoisotopic (exact) mass is 391 g/mol. The average Bonchev–Trinajstić information content (AvgIpc) is 3.16. The molecule has 0 unspecified atom stereocenters. The molecule has 0 spiro atoms. The third-order valence-electron chi connectivity index (χ3n) is 3.91. The van der Waals surface area contributed by atoms with Crippen molar-refractivity contribution in [1.29, 1.82) is 0 Å². The van der Waals surface area contributed by atoms with E-state index in [0.717, 1.165) is 0 Å². The Labute approximate surface area is 165 Å². The summed E-state index contributed by atoms with van der Waals surface area (Å²) < 4.78 is 1.71. The zero-order chi connectivity index (χ0) is 20.8. The topological polar surface area (TPSA) is 119 Å². The summed E-state index contributed by atoms with van der Waals surface area (Å²) in [5.41, 5.74) is 4.46. The van der Waals surface area contributed by atoms with Gasteiger partial charge in [0.15, 0.2) is 0 Å². The summed E-state index contributed by atoms with van der Waals surface area (Å²) in [6, 6.07) is 16.2. The van der Waals surface area contributed by atoms with Crippen molar-refractivity contribution < 1.29 is 14.5 Å². The van der Waals surface area contributed by atoms with Gasteiger partial charge in [-0.3, -0.25) is 19.7 Å². The molecular formula is C20H17N5O4. The highest BCUT2D eigenvalue weighted by molar-refractivity contribution is 5.97. The van der Waals surface area contributed by atoms with Crippen molar-refractivity contribution in [2.45, 2.75) is 6.92 Å². The summed E-state index contributed by atoms with van der Waals surface area (Å²) in [6.07, 6.45) is 3.17. The molecule has 0 aliphatic rings. The van der Waals surface area contributed by atoms with E-state index in [1.54, 1.807) is 53.2 Å². The highest BCUT2D eigenvalue weighted by Gasteiger charge is 2.09. The number of hydrazone groups is 1. The Bertz CT molecular complexity index is 1100. The fourth-order valence-electron chi connectivity index (χ4n) is 2.65. The van der Waals surface area contributed by atoms with Crippen LogP contribution in [0.3, 0.4) is 0 Å². The van der Waals surface area contributed by atoms with Crippen molar-refractivity contribution in [3.63, 3.8) is 0 Å². The molecule has 3 rings (SSSR count). The molecule has 1 aromatic heterocycles. The van der Waals surface area contributed by atoms with Gasteiger partial charge >= 0.3 is 0 Å². The van der Waals surface area contributed by atoms with Gasteiger partial charge in [-0.2, -0.15) is 5.10 Å². The number of nitrogens with zero attached hydrogens (tertiary/aromatic N) is 3. The Morgan fingerprint density at radius 1 is 1.10 bits per heavy atom. The van der Waals surface area contributed by atoms with Gasteiger partial charge in [-0.25, -0.2) is 5.43 Å². The molecule has 0 saturated heterocycles. The lowest BCUT2D eigenvalue weighted by molar-refractivity contribution is -0.384. The number of carbonyl (C=O) groups excluding carboxylic acids is 2. The van der Waals surface area contributed by atoms with Crippen LogP contribution in [-0.2, 0) is 4.79 Å². The normalized spacial score (nSPS) is 10.7. The van der Waals surface area contributed by atoms with E-state index in [9.17, 15) is 19.7 Å². The largest absolute Gasteiger partial charge is 0.326 e. The SMILES string of the molecule is CC(=O)Nc1cccc(C(=O)NN=Cc2cccn2-c2cccc([N+](=O)[O-])c2)c1. The van der Waals surface area contributed by atoms with Crippen LogP contribution in [0, 0.1) is 10.1 Å². The van der Waals surface area contributed by atoms with Gasteiger partial charge in [0.1, 0.15) is 0 Å². The predicted octanol–water partition coefficient (Wildman–Crippen LogP) is 3.11.